The molecular formula is C18H11Br2N3O. The molecular weight excluding hydrogens is 434 g/mol. The van der Waals surface area contributed by atoms with Crippen LogP contribution in [-0.4, -0.2) is 14.5 Å². The average molecular weight is 445 g/mol. The van der Waals surface area contributed by atoms with E-state index in [1.807, 2.05) is 59.3 Å². The molecule has 4 aromatic rings. The minimum atomic E-state index is -0.149. The third kappa shape index (κ3) is 2.72. The number of fused-ring (bicyclic) bond motifs is 1. The molecule has 0 unspecified atom stereocenters. The van der Waals surface area contributed by atoms with Gasteiger partial charge in [0.05, 0.1) is 5.39 Å². The second kappa shape index (κ2) is 6.03. The molecule has 2 aromatic heterocycles. The molecule has 0 bridgehead atoms. The highest BCUT2D eigenvalue weighted by Crippen LogP contribution is 2.23. The predicted molar refractivity (Wildman–Crippen MR) is 103 cm³/mol. The summed E-state index contributed by atoms with van der Waals surface area (Å²) in [5, 5.41) is 0.564. The molecule has 0 amide bonds. The summed E-state index contributed by atoms with van der Waals surface area (Å²) in [6.07, 6.45) is 1.86. The number of nitrogens with zero attached hydrogens (tertiary/aromatic N) is 2. The van der Waals surface area contributed by atoms with Gasteiger partial charge in [0.2, 0.25) is 0 Å². The summed E-state index contributed by atoms with van der Waals surface area (Å²) < 4.78 is 3.82. The maximum atomic E-state index is 12.4. The van der Waals surface area contributed by atoms with Crippen LogP contribution in [0.2, 0.25) is 0 Å². The first-order chi connectivity index (χ1) is 11.6. The number of benzene rings is 2. The highest BCUT2D eigenvalue weighted by molar-refractivity contribution is 9.10. The van der Waals surface area contributed by atoms with Gasteiger partial charge in [-0.2, -0.15) is 0 Å². The number of nitrogens with one attached hydrogen (secondary N) is 1. The molecule has 24 heavy (non-hydrogen) atoms. The highest BCUT2D eigenvalue weighted by atomic mass is 79.9. The third-order valence-corrected chi connectivity index (χ3v) is 4.72. The first-order valence-electron chi connectivity index (χ1n) is 7.25. The first kappa shape index (κ1) is 15.4. The summed E-state index contributed by atoms with van der Waals surface area (Å²) in [5.41, 5.74) is 2.28. The Balaban J connectivity index is 1.97. The second-order valence-electron chi connectivity index (χ2n) is 5.33. The molecule has 4 nitrogen and oxygen atoms in total. The van der Waals surface area contributed by atoms with Crippen LogP contribution in [0.5, 0.6) is 0 Å². The lowest BCUT2D eigenvalue weighted by molar-refractivity contribution is 1.07. The standard InChI is InChI=1S/C18H11Br2N3O/c19-12-4-1-3-11(9-12)16-21-17-15(18(24)22-16)7-8-23(17)14-6-2-5-13(20)10-14/h1-10H,(H,21,22,24). The van der Waals surface area contributed by atoms with E-state index < -0.39 is 0 Å². The fourth-order valence-electron chi connectivity index (χ4n) is 2.63. The monoisotopic (exact) mass is 443 g/mol. The molecule has 6 heteroatoms. The molecule has 118 valence electrons. The van der Waals surface area contributed by atoms with Gasteiger partial charge in [-0.05, 0) is 36.4 Å². The smallest absolute Gasteiger partial charge is 0.260 e. The molecule has 2 aromatic carbocycles. The molecule has 0 aliphatic carbocycles. The molecule has 0 atom stereocenters. The zero-order chi connectivity index (χ0) is 16.7. The van der Waals surface area contributed by atoms with E-state index in [1.54, 1.807) is 6.07 Å². The topological polar surface area (TPSA) is 50.7 Å². The summed E-state index contributed by atoms with van der Waals surface area (Å²) >= 11 is 6.93. The predicted octanol–water partition coefficient (Wildman–Crippen LogP) is 4.91. The Hall–Kier alpha value is -2.18. The number of hydrogen-bond donors (Lipinski definition) is 1. The fraction of sp³-hybridized carbons (Fsp3) is 0. The summed E-state index contributed by atoms with van der Waals surface area (Å²) in [5.74, 6) is 0.545. The second-order valence-corrected chi connectivity index (χ2v) is 7.16. The maximum absolute atomic E-state index is 12.4. The van der Waals surface area contributed by atoms with Crippen molar-refractivity contribution in [3.63, 3.8) is 0 Å². The summed E-state index contributed by atoms with van der Waals surface area (Å²) in [4.78, 5) is 20.0. The largest absolute Gasteiger partial charge is 0.306 e. The Kier molecular flexibility index (Phi) is 3.86. The summed E-state index contributed by atoms with van der Waals surface area (Å²) in [6.45, 7) is 0. The van der Waals surface area contributed by atoms with E-state index in [9.17, 15) is 4.79 Å². The van der Waals surface area contributed by atoms with Crippen molar-refractivity contribution in [3.05, 3.63) is 80.1 Å². The summed E-state index contributed by atoms with van der Waals surface area (Å²) in [6, 6.07) is 17.4. The Morgan fingerprint density at radius 2 is 1.71 bits per heavy atom. The SMILES string of the molecule is O=c1[nH]c(-c2cccc(Br)c2)nc2c1ccn2-c1cccc(Br)c1. The zero-order valence-electron chi connectivity index (χ0n) is 12.3. The van der Waals surface area contributed by atoms with E-state index in [2.05, 4.69) is 41.8 Å². The Morgan fingerprint density at radius 1 is 0.958 bits per heavy atom. The van der Waals surface area contributed by atoms with Crippen molar-refractivity contribution in [2.45, 2.75) is 0 Å². The minimum absolute atomic E-state index is 0.149. The van der Waals surface area contributed by atoms with Crippen LogP contribution < -0.4 is 5.56 Å². The lowest BCUT2D eigenvalue weighted by Gasteiger charge is -2.07. The van der Waals surface area contributed by atoms with Gasteiger partial charge in [-0.3, -0.25) is 4.79 Å². The number of rotatable bonds is 2. The highest BCUT2D eigenvalue weighted by Gasteiger charge is 2.11. The average Bonchev–Trinajstić information content (AvgIpc) is 2.99. The van der Waals surface area contributed by atoms with E-state index in [0.29, 0.717) is 16.9 Å². The van der Waals surface area contributed by atoms with E-state index in [4.69, 9.17) is 0 Å². The van der Waals surface area contributed by atoms with Crippen molar-refractivity contribution in [1.82, 2.24) is 14.5 Å². The van der Waals surface area contributed by atoms with Crippen LogP contribution in [0.4, 0.5) is 0 Å². The van der Waals surface area contributed by atoms with Gasteiger partial charge in [0.1, 0.15) is 5.82 Å². The van der Waals surface area contributed by atoms with Crippen molar-refractivity contribution in [1.29, 1.82) is 0 Å². The van der Waals surface area contributed by atoms with E-state index in [-0.39, 0.29) is 5.56 Å². The van der Waals surface area contributed by atoms with E-state index in [1.165, 1.54) is 0 Å². The van der Waals surface area contributed by atoms with Gasteiger partial charge in [-0.1, -0.05) is 50.1 Å². The number of H-pyrrole nitrogens is 1. The van der Waals surface area contributed by atoms with Crippen LogP contribution in [0, 0.1) is 0 Å². The van der Waals surface area contributed by atoms with E-state index in [0.717, 1.165) is 20.2 Å². The molecule has 2 heterocycles. The van der Waals surface area contributed by atoms with Gasteiger partial charge in [-0.25, -0.2) is 4.98 Å². The zero-order valence-corrected chi connectivity index (χ0v) is 15.5. The third-order valence-electron chi connectivity index (χ3n) is 3.74. The minimum Gasteiger partial charge on any atom is -0.306 e. The van der Waals surface area contributed by atoms with Gasteiger partial charge in [0.25, 0.3) is 5.56 Å². The van der Waals surface area contributed by atoms with Crippen LogP contribution in [0.15, 0.2) is 74.5 Å². The number of aromatic amines is 1. The van der Waals surface area contributed by atoms with Crippen LogP contribution in [0.1, 0.15) is 0 Å². The Bertz CT molecular complexity index is 1110. The molecule has 0 spiro atoms. The van der Waals surface area contributed by atoms with Gasteiger partial charge in [-0.15, -0.1) is 0 Å². The fourth-order valence-corrected chi connectivity index (χ4v) is 3.42. The van der Waals surface area contributed by atoms with Crippen molar-refractivity contribution < 1.29 is 0 Å². The van der Waals surface area contributed by atoms with Gasteiger partial charge in [0, 0.05) is 26.4 Å². The lowest BCUT2D eigenvalue weighted by atomic mass is 10.2. The molecule has 0 fully saturated rings. The Morgan fingerprint density at radius 3 is 2.46 bits per heavy atom. The molecule has 0 radical (unpaired) electrons. The maximum Gasteiger partial charge on any atom is 0.260 e. The van der Waals surface area contributed by atoms with Crippen LogP contribution >= 0.6 is 31.9 Å². The van der Waals surface area contributed by atoms with Gasteiger partial charge in [0.15, 0.2) is 5.65 Å². The van der Waals surface area contributed by atoms with Crippen molar-refractivity contribution in [2.75, 3.05) is 0 Å². The quantitative estimate of drug-likeness (QED) is 0.477. The van der Waals surface area contributed by atoms with Crippen LogP contribution in [0.25, 0.3) is 28.1 Å². The molecule has 0 saturated carbocycles. The summed E-state index contributed by atoms with van der Waals surface area (Å²) in [7, 11) is 0. The molecule has 0 saturated heterocycles. The van der Waals surface area contributed by atoms with Crippen LogP contribution in [-0.2, 0) is 0 Å². The van der Waals surface area contributed by atoms with E-state index >= 15 is 0 Å². The molecule has 1 N–H and O–H groups in total. The lowest BCUT2D eigenvalue weighted by Crippen LogP contribution is -2.10. The van der Waals surface area contributed by atoms with Crippen LogP contribution in [0.3, 0.4) is 0 Å². The normalized spacial score (nSPS) is 11.1. The number of hydrogen-bond acceptors (Lipinski definition) is 2. The Labute approximate surface area is 154 Å². The van der Waals surface area contributed by atoms with Gasteiger partial charge >= 0.3 is 0 Å². The molecule has 0 aliphatic heterocycles. The van der Waals surface area contributed by atoms with Crippen molar-refractivity contribution >= 4 is 42.9 Å². The van der Waals surface area contributed by atoms with Crippen molar-refractivity contribution in [2.24, 2.45) is 0 Å². The number of aromatic nitrogens is 3. The first-order valence-corrected chi connectivity index (χ1v) is 8.84. The van der Waals surface area contributed by atoms with Crippen molar-refractivity contribution in [3.8, 4) is 17.1 Å². The van der Waals surface area contributed by atoms with Gasteiger partial charge < -0.3 is 9.55 Å². The molecule has 0 aliphatic rings. The molecule has 4 rings (SSSR count). The number of halogens is 2.